The number of rotatable bonds is 12. The zero-order valence-electron chi connectivity index (χ0n) is 24.1. The number of morpholine rings is 1. The van der Waals surface area contributed by atoms with Crippen LogP contribution in [0.15, 0.2) is 48.5 Å². The molecule has 41 heavy (non-hydrogen) atoms. The van der Waals surface area contributed by atoms with E-state index in [0.717, 1.165) is 5.56 Å². The van der Waals surface area contributed by atoms with E-state index in [1.54, 1.807) is 24.3 Å². The van der Waals surface area contributed by atoms with Crippen LogP contribution in [0.4, 0.5) is 16.2 Å². The molecule has 0 aromatic heterocycles. The van der Waals surface area contributed by atoms with Crippen LogP contribution in [0.3, 0.4) is 0 Å². The van der Waals surface area contributed by atoms with Crippen molar-refractivity contribution in [1.82, 2.24) is 15.5 Å². The van der Waals surface area contributed by atoms with Crippen molar-refractivity contribution in [3.8, 4) is 0 Å². The summed E-state index contributed by atoms with van der Waals surface area (Å²) in [7, 11) is 1.84. The Morgan fingerprint density at radius 1 is 1.05 bits per heavy atom. The second-order valence-corrected chi connectivity index (χ2v) is 10.8. The fourth-order valence-electron chi connectivity index (χ4n) is 4.69. The number of carboxylic acid groups (broad SMARTS) is 1. The van der Waals surface area contributed by atoms with E-state index in [9.17, 15) is 24.3 Å². The van der Waals surface area contributed by atoms with Crippen molar-refractivity contribution in [3.63, 3.8) is 0 Å². The molecule has 1 fully saturated rings. The third-order valence-electron chi connectivity index (χ3n) is 7.05. The molecule has 1 saturated heterocycles. The first kappa shape index (κ1) is 31.6. The lowest BCUT2D eigenvalue weighted by Crippen LogP contribution is -2.54. The van der Waals surface area contributed by atoms with Gasteiger partial charge in [0.15, 0.2) is 0 Å². The van der Waals surface area contributed by atoms with Gasteiger partial charge >= 0.3 is 12.0 Å². The number of ether oxygens (including phenoxy) is 1. The van der Waals surface area contributed by atoms with Crippen molar-refractivity contribution in [1.29, 1.82) is 0 Å². The van der Waals surface area contributed by atoms with Crippen LogP contribution in [0, 0.1) is 18.8 Å². The fourth-order valence-corrected chi connectivity index (χ4v) is 4.69. The van der Waals surface area contributed by atoms with Gasteiger partial charge in [-0.05, 0) is 55.6 Å². The molecule has 0 radical (unpaired) electrons. The van der Waals surface area contributed by atoms with Gasteiger partial charge in [-0.15, -0.1) is 0 Å². The van der Waals surface area contributed by atoms with E-state index in [4.69, 9.17) is 4.74 Å². The highest BCUT2D eigenvalue weighted by Crippen LogP contribution is 2.17. The number of benzene rings is 2. The fraction of sp³-hybridized carbons (Fsp3) is 0.467. The van der Waals surface area contributed by atoms with Crippen LogP contribution in [0.5, 0.6) is 0 Å². The van der Waals surface area contributed by atoms with Gasteiger partial charge in [0.25, 0.3) is 0 Å². The van der Waals surface area contributed by atoms with Crippen molar-refractivity contribution in [3.05, 3.63) is 59.7 Å². The van der Waals surface area contributed by atoms with Gasteiger partial charge in [0.05, 0.1) is 25.6 Å². The molecule has 222 valence electrons. The molecule has 2 aromatic carbocycles. The highest BCUT2D eigenvalue weighted by molar-refractivity contribution is 6.00. The first-order valence-corrected chi connectivity index (χ1v) is 13.8. The second kappa shape index (κ2) is 15.2. The first-order valence-electron chi connectivity index (χ1n) is 13.8. The van der Waals surface area contributed by atoms with Crippen molar-refractivity contribution in [2.45, 2.75) is 45.7 Å². The van der Waals surface area contributed by atoms with Gasteiger partial charge in [0.1, 0.15) is 6.04 Å². The average molecular weight is 568 g/mol. The van der Waals surface area contributed by atoms with Crippen LogP contribution in [-0.4, -0.2) is 79.3 Å². The molecule has 3 rings (SSSR count). The van der Waals surface area contributed by atoms with Crippen LogP contribution in [0.1, 0.15) is 31.4 Å². The Balaban J connectivity index is 1.54. The number of carboxylic acids is 1. The van der Waals surface area contributed by atoms with Crippen LogP contribution in [-0.2, 0) is 25.5 Å². The van der Waals surface area contributed by atoms with Crippen LogP contribution >= 0.6 is 0 Å². The Morgan fingerprint density at radius 3 is 2.39 bits per heavy atom. The topological polar surface area (TPSA) is 149 Å². The number of likely N-dealkylation sites (N-methyl/N-ethyl adjacent to an activating group) is 1. The lowest BCUT2D eigenvalue weighted by Gasteiger charge is -2.36. The Morgan fingerprint density at radius 2 is 1.76 bits per heavy atom. The molecule has 1 aliphatic rings. The first-order chi connectivity index (χ1) is 19.5. The van der Waals surface area contributed by atoms with E-state index >= 15 is 0 Å². The Hall–Kier alpha value is -3.96. The molecule has 0 aliphatic carbocycles. The summed E-state index contributed by atoms with van der Waals surface area (Å²) in [5.74, 6) is -2.49. The van der Waals surface area contributed by atoms with Gasteiger partial charge in [-0.1, -0.05) is 44.2 Å². The third-order valence-corrected chi connectivity index (χ3v) is 7.05. The normalized spacial score (nSPS) is 16.9. The highest BCUT2D eigenvalue weighted by atomic mass is 16.5. The van der Waals surface area contributed by atoms with E-state index in [0.29, 0.717) is 36.5 Å². The largest absolute Gasteiger partial charge is 0.481 e. The summed E-state index contributed by atoms with van der Waals surface area (Å²) in [6.07, 6.45) is 0.445. The molecule has 2 aromatic rings. The molecule has 0 bridgehead atoms. The van der Waals surface area contributed by atoms with Crippen molar-refractivity contribution < 1.29 is 29.0 Å². The van der Waals surface area contributed by atoms with E-state index in [-0.39, 0.29) is 43.5 Å². The number of carbonyl (C=O) groups excluding carboxylic acids is 3. The third kappa shape index (κ3) is 9.87. The molecule has 3 atom stereocenters. The second-order valence-electron chi connectivity index (χ2n) is 10.8. The molecule has 11 heteroatoms. The summed E-state index contributed by atoms with van der Waals surface area (Å²) in [5.41, 5.74) is 2.94. The summed E-state index contributed by atoms with van der Waals surface area (Å²) < 4.78 is 5.46. The van der Waals surface area contributed by atoms with Gasteiger partial charge in [-0.2, -0.15) is 0 Å². The molecule has 0 saturated carbocycles. The number of carbonyl (C=O) groups is 4. The molecule has 2 unspecified atom stereocenters. The van der Waals surface area contributed by atoms with Crippen molar-refractivity contribution >= 4 is 35.2 Å². The average Bonchev–Trinajstić information content (AvgIpc) is 2.91. The number of para-hydroxylation sites is 1. The standard InChI is InChI=1S/C30H41N5O6/c1-19(2)15-25(28(37)31-17-23(29(38)39)26-18-41-14-13-35(26)4)33-27(36)16-21-9-11-22(12-10-21)32-30(40)34-24-8-6-5-7-20(24)3/h5-12,19,23,25-26H,13-18H2,1-4H3,(H,31,37)(H,33,36)(H,38,39)(H2,32,34,40)/t23?,25-,26?/m0/s1. The smallest absolute Gasteiger partial charge is 0.323 e. The summed E-state index contributed by atoms with van der Waals surface area (Å²) in [6.45, 7) is 7.17. The van der Waals surface area contributed by atoms with E-state index in [2.05, 4.69) is 21.3 Å². The molecular formula is C30H41N5O6. The number of aryl methyl sites for hydroxylation is 1. The number of nitrogens with zero attached hydrogens (tertiary/aromatic N) is 1. The molecule has 1 heterocycles. The lowest BCUT2D eigenvalue weighted by molar-refractivity contribution is -0.147. The zero-order valence-corrected chi connectivity index (χ0v) is 24.1. The maximum absolute atomic E-state index is 13.0. The van der Waals surface area contributed by atoms with Gasteiger partial charge in [0.2, 0.25) is 11.8 Å². The Labute approximate surface area is 241 Å². The van der Waals surface area contributed by atoms with E-state index in [1.807, 2.05) is 57.0 Å². The Bertz CT molecular complexity index is 1200. The summed E-state index contributed by atoms with van der Waals surface area (Å²) in [6, 6.07) is 12.8. The number of aliphatic carboxylic acids is 1. The Kier molecular flexibility index (Phi) is 11.7. The summed E-state index contributed by atoms with van der Waals surface area (Å²) in [5, 5.41) is 20.9. The van der Waals surface area contributed by atoms with Gasteiger partial charge in [-0.3, -0.25) is 19.3 Å². The predicted molar refractivity (Wildman–Crippen MR) is 157 cm³/mol. The number of hydrogen-bond acceptors (Lipinski definition) is 6. The number of urea groups is 1. The van der Waals surface area contributed by atoms with Gasteiger partial charge in [-0.25, -0.2) is 4.79 Å². The van der Waals surface area contributed by atoms with Crippen LogP contribution in [0.25, 0.3) is 0 Å². The number of nitrogens with one attached hydrogen (secondary N) is 4. The van der Waals surface area contributed by atoms with E-state index in [1.165, 1.54) is 0 Å². The number of amides is 4. The molecule has 11 nitrogen and oxygen atoms in total. The monoisotopic (exact) mass is 567 g/mol. The molecular weight excluding hydrogens is 526 g/mol. The summed E-state index contributed by atoms with van der Waals surface area (Å²) >= 11 is 0. The molecule has 1 aliphatic heterocycles. The van der Waals surface area contributed by atoms with Crippen molar-refractivity contribution in [2.75, 3.05) is 44.0 Å². The van der Waals surface area contributed by atoms with Crippen molar-refractivity contribution in [2.24, 2.45) is 11.8 Å². The predicted octanol–water partition coefficient (Wildman–Crippen LogP) is 2.86. The number of anilines is 2. The number of hydrogen-bond donors (Lipinski definition) is 5. The maximum Gasteiger partial charge on any atom is 0.323 e. The lowest BCUT2D eigenvalue weighted by atomic mass is 9.97. The minimum Gasteiger partial charge on any atom is -0.481 e. The van der Waals surface area contributed by atoms with Gasteiger partial charge < -0.3 is 31.1 Å². The van der Waals surface area contributed by atoms with Crippen LogP contribution < -0.4 is 21.3 Å². The quantitative estimate of drug-likeness (QED) is 0.265. The van der Waals surface area contributed by atoms with E-state index < -0.39 is 23.8 Å². The zero-order chi connectivity index (χ0) is 29.9. The maximum atomic E-state index is 13.0. The molecule has 0 spiro atoms. The summed E-state index contributed by atoms with van der Waals surface area (Å²) in [4.78, 5) is 52.1. The molecule has 4 amide bonds. The highest BCUT2D eigenvalue weighted by Gasteiger charge is 2.34. The minimum absolute atomic E-state index is 0.0412. The SMILES string of the molecule is Cc1ccccc1NC(=O)Nc1ccc(CC(=O)N[C@@H](CC(C)C)C(=O)NCC(C(=O)O)C2COCCN2C)cc1. The van der Waals surface area contributed by atoms with Gasteiger partial charge in [0, 0.05) is 30.5 Å². The minimum atomic E-state index is -1.01. The van der Waals surface area contributed by atoms with Crippen LogP contribution in [0.2, 0.25) is 0 Å². The molecule has 5 N–H and O–H groups in total.